The standard InChI is InChI=1S/C15H16F2N2O4S/c16-10-5-9(19-7-12(14(18)20)23-15(19)21)6-11(17)13(10)8-1-3-24(22)4-2-8/h5-6,8,12H,1-4,7H2,(H2,18,20)/t8?,12-,24?/m1/s1. The van der Waals surface area contributed by atoms with Gasteiger partial charge in [0.1, 0.15) is 23.1 Å². The summed E-state index contributed by atoms with van der Waals surface area (Å²) in [5, 5.41) is 0. The first-order valence-electron chi connectivity index (χ1n) is 7.48. The Morgan fingerprint density at radius 3 is 2.38 bits per heavy atom. The fourth-order valence-electron chi connectivity index (χ4n) is 3.02. The van der Waals surface area contributed by atoms with Gasteiger partial charge >= 0.3 is 6.09 Å². The molecule has 9 heteroatoms. The molecule has 3 rings (SSSR count). The van der Waals surface area contributed by atoms with E-state index in [0.717, 1.165) is 17.0 Å². The second-order valence-corrected chi connectivity index (χ2v) is 7.53. The van der Waals surface area contributed by atoms with Crippen LogP contribution in [0.15, 0.2) is 12.1 Å². The van der Waals surface area contributed by atoms with Crippen LogP contribution in [0.1, 0.15) is 24.3 Å². The molecular weight excluding hydrogens is 342 g/mol. The molecule has 2 N–H and O–H groups in total. The number of rotatable bonds is 3. The van der Waals surface area contributed by atoms with Crippen LogP contribution in [0.4, 0.5) is 19.3 Å². The van der Waals surface area contributed by atoms with Crippen molar-refractivity contribution in [3.63, 3.8) is 0 Å². The van der Waals surface area contributed by atoms with Crippen LogP contribution >= 0.6 is 0 Å². The summed E-state index contributed by atoms with van der Waals surface area (Å²) in [6, 6.07) is 2.10. The van der Waals surface area contributed by atoms with Crippen LogP contribution in [0.5, 0.6) is 0 Å². The van der Waals surface area contributed by atoms with Gasteiger partial charge in [-0.05, 0) is 30.9 Å². The average molecular weight is 358 g/mol. The highest BCUT2D eigenvalue weighted by Gasteiger charge is 2.37. The Kier molecular flexibility index (Phi) is 4.64. The van der Waals surface area contributed by atoms with Crippen molar-refractivity contribution >= 4 is 28.9 Å². The molecule has 0 unspecified atom stereocenters. The number of primary amides is 1. The summed E-state index contributed by atoms with van der Waals surface area (Å²) < 4.78 is 45.0. The highest BCUT2D eigenvalue weighted by Crippen LogP contribution is 2.35. The number of carbonyl (C=O) groups is 2. The van der Waals surface area contributed by atoms with Crippen LogP contribution in [0.25, 0.3) is 0 Å². The average Bonchev–Trinajstić information content (AvgIpc) is 2.90. The van der Waals surface area contributed by atoms with Crippen molar-refractivity contribution in [1.82, 2.24) is 0 Å². The lowest BCUT2D eigenvalue weighted by Crippen LogP contribution is -2.32. The number of hydrogen-bond donors (Lipinski definition) is 1. The van der Waals surface area contributed by atoms with Gasteiger partial charge in [0.15, 0.2) is 6.10 Å². The highest BCUT2D eigenvalue weighted by atomic mass is 32.2. The Balaban J connectivity index is 1.85. The minimum absolute atomic E-state index is 0.0260. The predicted molar refractivity (Wildman–Crippen MR) is 83.0 cm³/mol. The molecule has 2 aliphatic heterocycles. The van der Waals surface area contributed by atoms with E-state index >= 15 is 0 Å². The van der Waals surface area contributed by atoms with Crippen LogP contribution in [-0.2, 0) is 20.7 Å². The van der Waals surface area contributed by atoms with E-state index in [0.29, 0.717) is 24.3 Å². The van der Waals surface area contributed by atoms with Crippen LogP contribution in [0.2, 0.25) is 0 Å². The van der Waals surface area contributed by atoms with Gasteiger partial charge in [-0.1, -0.05) is 11.2 Å². The van der Waals surface area contributed by atoms with E-state index in [-0.39, 0.29) is 23.7 Å². The number of cyclic esters (lactones) is 1. The Morgan fingerprint density at radius 2 is 1.88 bits per heavy atom. The van der Waals surface area contributed by atoms with E-state index in [1.165, 1.54) is 0 Å². The van der Waals surface area contributed by atoms with Crippen LogP contribution in [0, 0.1) is 11.6 Å². The number of halogens is 2. The van der Waals surface area contributed by atoms with Gasteiger partial charge in [0.25, 0.3) is 5.91 Å². The number of anilines is 1. The molecule has 2 heterocycles. The lowest BCUT2D eigenvalue weighted by Gasteiger charge is -2.25. The summed E-state index contributed by atoms with van der Waals surface area (Å²) in [4.78, 5) is 23.8. The maximum atomic E-state index is 14.4. The van der Waals surface area contributed by atoms with Crippen LogP contribution in [-0.4, -0.2) is 40.7 Å². The molecule has 1 atom stereocenters. The van der Waals surface area contributed by atoms with E-state index in [1.54, 1.807) is 0 Å². The van der Waals surface area contributed by atoms with E-state index in [1.807, 2.05) is 0 Å². The van der Waals surface area contributed by atoms with Gasteiger partial charge in [-0.2, -0.15) is 0 Å². The largest absolute Gasteiger partial charge is 0.616 e. The fraction of sp³-hybridized carbons (Fsp3) is 0.467. The minimum Gasteiger partial charge on any atom is -0.616 e. The van der Waals surface area contributed by atoms with Crippen molar-refractivity contribution in [3.8, 4) is 0 Å². The van der Waals surface area contributed by atoms with E-state index < -0.39 is 40.9 Å². The quantitative estimate of drug-likeness (QED) is 0.826. The Labute approximate surface area is 140 Å². The molecular formula is C15H16F2N2O4S. The third kappa shape index (κ3) is 3.18. The first-order valence-corrected chi connectivity index (χ1v) is 8.97. The molecule has 0 aromatic heterocycles. The summed E-state index contributed by atoms with van der Waals surface area (Å²) in [5.41, 5.74) is 5.00. The third-order valence-electron chi connectivity index (χ3n) is 4.30. The molecule has 1 aromatic carbocycles. The van der Waals surface area contributed by atoms with Crippen molar-refractivity contribution in [2.75, 3.05) is 23.0 Å². The number of nitrogens with two attached hydrogens (primary N) is 1. The zero-order valence-electron chi connectivity index (χ0n) is 12.7. The van der Waals surface area contributed by atoms with Crippen LogP contribution in [0.3, 0.4) is 0 Å². The molecule has 0 saturated carbocycles. The minimum atomic E-state index is -1.14. The first kappa shape index (κ1) is 17.0. The topological polar surface area (TPSA) is 95.7 Å². The zero-order chi connectivity index (χ0) is 17.4. The van der Waals surface area contributed by atoms with Crippen molar-refractivity contribution in [1.29, 1.82) is 0 Å². The normalized spacial score (nSPS) is 27.2. The van der Waals surface area contributed by atoms with E-state index in [4.69, 9.17) is 10.5 Å². The lowest BCUT2D eigenvalue weighted by atomic mass is 9.92. The molecule has 2 saturated heterocycles. The van der Waals surface area contributed by atoms with Crippen molar-refractivity contribution in [2.24, 2.45) is 5.73 Å². The molecule has 24 heavy (non-hydrogen) atoms. The van der Waals surface area contributed by atoms with Crippen molar-refractivity contribution in [3.05, 3.63) is 29.3 Å². The monoisotopic (exact) mass is 358 g/mol. The molecule has 2 fully saturated rings. The van der Waals surface area contributed by atoms with Gasteiger partial charge in [0.2, 0.25) is 0 Å². The zero-order valence-corrected chi connectivity index (χ0v) is 13.5. The van der Waals surface area contributed by atoms with Gasteiger partial charge < -0.3 is 15.0 Å². The van der Waals surface area contributed by atoms with Gasteiger partial charge in [-0.3, -0.25) is 9.69 Å². The van der Waals surface area contributed by atoms with Gasteiger partial charge in [0.05, 0.1) is 12.2 Å². The Hall–Kier alpha value is -1.87. The Bertz CT molecular complexity index is 656. The van der Waals surface area contributed by atoms with E-state index in [9.17, 15) is 22.9 Å². The summed E-state index contributed by atoms with van der Waals surface area (Å²) in [6.45, 7) is -0.186. The smallest absolute Gasteiger partial charge is 0.415 e. The fourth-order valence-corrected chi connectivity index (χ4v) is 4.32. The molecule has 2 amide bonds. The Morgan fingerprint density at radius 1 is 1.29 bits per heavy atom. The number of benzene rings is 1. The number of amides is 2. The van der Waals surface area contributed by atoms with Crippen LogP contribution < -0.4 is 10.6 Å². The maximum Gasteiger partial charge on any atom is 0.415 e. The second-order valence-electron chi connectivity index (χ2n) is 5.83. The molecule has 130 valence electrons. The second kappa shape index (κ2) is 6.56. The maximum absolute atomic E-state index is 14.4. The summed E-state index contributed by atoms with van der Waals surface area (Å²) in [5.74, 6) is -1.84. The summed E-state index contributed by atoms with van der Waals surface area (Å²) in [7, 11) is 0. The van der Waals surface area contributed by atoms with Crippen molar-refractivity contribution < 1.29 is 27.7 Å². The molecule has 2 aliphatic rings. The van der Waals surface area contributed by atoms with Gasteiger partial charge in [-0.25, -0.2) is 13.6 Å². The SMILES string of the molecule is NC(=O)[C@H]1CN(c2cc(F)c(C3CC[S+]([O-])CC3)c(F)c2)C(=O)O1. The van der Waals surface area contributed by atoms with Gasteiger partial charge in [-0.15, -0.1) is 0 Å². The van der Waals surface area contributed by atoms with Gasteiger partial charge in [0, 0.05) is 5.56 Å². The third-order valence-corrected chi connectivity index (χ3v) is 5.68. The summed E-state index contributed by atoms with van der Waals surface area (Å²) in [6.07, 6.45) is -1.11. The van der Waals surface area contributed by atoms with E-state index in [2.05, 4.69) is 0 Å². The lowest BCUT2D eigenvalue weighted by molar-refractivity contribution is -0.124. The number of nitrogens with zero attached hydrogens (tertiary/aromatic N) is 1. The summed E-state index contributed by atoms with van der Waals surface area (Å²) >= 11 is -0.926. The molecule has 0 spiro atoms. The molecule has 0 aliphatic carbocycles. The number of ether oxygens (including phenoxy) is 1. The number of carbonyl (C=O) groups excluding carboxylic acids is 2. The van der Waals surface area contributed by atoms with Crippen molar-refractivity contribution in [2.45, 2.75) is 24.9 Å². The molecule has 0 radical (unpaired) electrons. The first-order chi connectivity index (χ1) is 11.4. The predicted octanol–water partition coefficient (Wildman–Crippen LogP) is 1.40. The molecule has 6 nitrogen and oxygen atoms in total. The molecule has 1 aromatic rings. The number of hydrogen-bond acceptors (Lipinski definition) is 4. The molecule has 0 bridgehead atoms. The highest BCUT2D eigenvalue weighted by molar-refractivity contribution is 7.91.